The van der Waals surface area contributed by atoms with Gasteiger partial charge in [-0.3, -0.25) is 19.7 Å². The minimum atomic E-state index is -0.247. The van der Waals surface area contributed by atoms with E-state index >= 15 is 0 Å². The van der Waals surface area contributed by atoms with Gasteiger partial charge in [0, 0.05) is 43.1 Å². The van der Waals surface area contributed by atoms with Crippen LogP contribution in [0.2, 0.25) is 0 Å². The normalized spacial score (nSPS) is 14.0. The molecule has 8 heteroatoms. The van der Waals surface area contributed by atoms with E-state index in [1.165, 1.54) is 0 Å². The van der Waals surface area contributed by atoms with Crippen LogP contribution in [-0.4, -0.2) is 46.4 Å². The summed E-state index contributed by atoms with van der Waals surface area (Å²) in [6.45, 7) is 5.72. The number of rotatable bonds is 4. The van der Waals surface area contributed by atoms with Crippen LogP contribution < -0.4 is 10.2 Å². The van der Waals surface area contributed by atoms with E-state index in [1.807, 2.05) is 19.1 Å². The van der Waals surface area contributed by atoms with Gasteiger partial charge >= 0.3 is 6.03 Å². The molecule has 1 fully saturated rings. The third kappa shape index (κ3) is 3.44. The van der Waals surface area contributed by atoms with Gasteiger partial charge in [0.2, 0.25) is 0 Å². The number of anilines is 2. The van der Waals surface area contributed by atoms with E-state index in [4.69, 9.17) is 0 Å². The van der Waals surface area contributed by atoms with E-state index in [2.05, 4.69) is 31.2 Å². The fourth-order valence-corrected chi connectivity index (χ4v) is 4.09. The van der Waals surface area contributed by atoms with Gasteiger partial charge in [-0.2, -0.15) is 0 Å². The first-order chi connectivity index (χ1) is 14.0. The second-order valence-electron chi connectivity index (χ2n) is 6.76. The molecule has 3 amide bonds. The zero-order valence-electron chi connectivity index (χ0n) is 16.1. The maximum atomic E-state index is 12.8. The van der Waals surface area contributed by atoms with Crippen molar-refractivity contribution >= 4 is 50.1 Å². The molecule has 0 radical (unpaired) electrons. The Morgan fingerprint density at radius 2 is 2.03 bits per heavy atom. The van der Waals surface area contributed by atoms with Gasteiger partial charge in [-0.25, -0.2) is 4.79 Å². The molecule has 0 atom stereocenters. The van der Waals surface area contributed by atoms with Crippen LogP contribution in [0.5, 0.6) is 0 Å². The van der Waals surface area contributed by atoms with Gasteiger partial charge in [-0.05, 0) is 48.0 Å². The molecular weight excluding hydrogens is 434 g/mol. The number of carbonyl (C=O) groups is 2. The highest BCUT2D eigenvalue weighted by Gasteiger charge is 2.31. The van der Waals surface area contributed by atoms with Crippen LogP contribution in [0.1, 0.15) is 23.0 Å². The Hall–Kier alpha value is -3.00. The summed E-state index contributed by atoms with van der Waals surface area (Å²) < 4.78 is 0.739. The number of amides is 3. The number of benzene rings is 1. The van der Waals surface area contributed by atoms with E-state index in [0.717, 1.165) is 15.5 Å². The number of aromatic nitrogens is 2. The molecule has 1 aliphatic heterocycles. The van der Waals surface area contributed by atoms with Crippen molar-refractivity contribution in [3.63, 3.8) is 0 Å². The van der Waals surface area contributed by atoms with E-state index in [1.54, 1.807) is 47.3 Å². The van der Waals surface area contributed by atoms with Crippen molar-refractivity contribution in [2.45, 2.75) is 13.8 Å². The van der Waals surface area contributed by atoms with Crippen LogP contribution in [0.4, 0.5) is 16.2 Å². The fourth-order valence-electron chi connectivity index (χ4n) is 3.56. The van der Waals surface area contributed by atoms with E-state index in [0.29, 0.717) is 42.1 Å². The lowest BCUT2D eigenvalue weighted by atomic mass is 10.1. The average Bonchev–Trinajstić information content (AvgIpc) is 3.08. The topological polar surface area (TPSA) is 78.4 Å². The molecular formula is C21H20BrN5O2. The molecule has 1 aliphatic rings. The number of fused-ring (bicyclic) bond motifs is 1. The highest BCUT2D eigenvalue weighted by Crippen LogP contribution is 2.37. The minimum absolute atomic E-state index is 0.0267. The van der Waals surface area contributed by atoms with Crippen LogP contribution in [0.25, 0.3) is 10.9 Å². The Morgan fingerprint density at radius 1 is 1.21 bits per heavy atom. The second-order valence-corrected chi connectivity index (χ2v) is 7.62. The summed E-state index contributed by atoms with van der Waals surface area (Å²) in [5, 5.41) is 3.74. The number of nitrogens with one attached hydrogen (secondary N) is 1. The molecule has 7 nitrogen and oxygen atoms in total. The predicted molar refractivity (Wildman–Crippen MR) is 116 cm³/mol. The lowest BCUT2D eigenvalue weighted by molar-refractivity contribution is 0.102. The zero-order chi connectivity index (χ0) is 20.5. The Bertz CT molecular complexity index is 1120. The smallest absolute Gasteiger partial charge is 0.323 e. The third-order valence-corrected chi connectivity index (χ3v) is 5.65. The predicted octanol–water partition coefficient (Wildman–Crippen LogP) is 4.21. The number of nitrogens with zero attached hydrogens (tertiary/aromatic N) is 4. The van der Waals surface area contributed by atoms with Gasteiger partial charge in [0.05, 0.1) is 26.9 Å². The molecule has 148 valence electrons. The molecule has 0 spiro atoms. The molecule has 0 aliphatic carbocycles. The van der Waals surface area contributed by atoms with Gasteiger partial charge in [-0.15, -0.1) is 0 Å². The molecule has 3 aromatic rings. The Morgan fingerprint density at radius 3 is 2.76 bits per heavy atom. The summed E-state index contributed by atoms with van der Waals surface area (Å²) in [7, 11) is 0. The average molecular weight is 454 g/mol. The summed E-state index contributed by atoms with van der Waals surface area (Å²) in [5.41, 5.74) is 3.15. The molecule has 4 rings (SSSR count). The van der Waals surface area contributed by atoms with Gasteiger partial charge in [0.1, 0.15) is 0 Å². The zero-order valence-corrected chi connectivity index (χ0v) is 17.7. The standard InChI is InChI=1S/C21H20BrN5O2/c1-3-26-10-11-27(21(26)29)19-15-6-4-8-17(18(15)24-12-16(19)22)25-20(28)14-7-5-9-23-13(14)2/h4-9,12H,3,10-11H2,1-2H3,(H,25,28). The van der Waals surface area contributed by atoms with Crippen LogP contribution in [0.15, 0.2) is 47.2 Å². The van der Waals surface area contributed by atoms with Gasteiger partial charge < -0.3 is 10.2 Å². The second kappa shape index (κ2) is 7.79. The molecule has 1 saturated heterocycles. The SMILES string of the molecule is CCN1CCN(c2c(Br)cnc3c(NC(=O)c4cccnc4C)cccc23)C1=O. The number of carbonyl (C=O) groups excluding carboxylic acids is 2. The molecule has 2 aromatic heterocycles. The van der Waals surface area contributed by atoms with E-state index in [-0.39, 0.29) is 11.9 Å². The maximum Gasteiger partial charge on any atom is 0.324 e. The quantitative estimate of drug-likeness (QED) is 0.641. The number of para-hydroxylation sites is 1. The molecule has 0 saturated carbocycles. The first-order valence-corrected chi connectivity index (χ1v) is 10.2. The number of likely N-dealkylation sites (N-methyl/N-ethyl adjacent to an activating group) is 1. The Labute approximate surface area is 176 Å². The number of aryl methyl sites for hydroxylation is 1. The lowest BCUT2D eigenvalue weighted by Gasteiger charge is -2.21. The van der Waals surface area contributed by atoms with Crippen LogP contribution >= 0.6 is 15.9 Å². The highest BCUT2D eigenvalue weighted by atomic mass is 79.9. The van der Waals surface area contributed by atoms with Crippen LogP contribution in [0.3, 0.4) is 0 Å². The third-order valence-electron chi connectivity index (χ3n) is 5.07. The van der Waals surface area contributed by atoms with Crippen LogP contribution in [-0.2, 0) is 0 Å². The van der Waals surface area contributed by atoms with Crippen molar-refractivity contribution in [2.24, 2.45) is 0 Å². The monoisotopic (exact) mass is 453 g/mol. The van der Waals surface area contributed by atoms with Crippen molar-refractivity contribution in [1.29, 1.82) is 0 Å². The van der Waals surface area contributed by atoms with Crippen molar-refractivity contribution in [3.8, 4) is 0 Å². The largest absolute Gasteiger partial charge is 0.324 e. The van der Waals surface area contributed by atoms with Crippen LogP contribution in [0, 0.1) is 6.92 Å². The summed E-state index contributed by atoms with van der Waals surface area (Å²) in [4.78, 5) is 37.8. The fraction of sp³-hybridized carbons (Fsp3) is 0.238. The molecule has 0 bridgehead atoms. The molecule has 29 heavy (non-hydrogen) atoms. The van der Waals surface area contributed by atoms with Crippen molar-refractivity contribution in [3.05, 3.63) is 58.5 Å². The molecule has 1 N–H and O–H groups in total. The number of pyridine rings is 2. The number of urea groups is 1. The number of hydrogen-bond donors (Lipinski definition) is 1. The van der Waals surface area contributed by atoms with Crippen molar-refractivity contribution < 1.29 is 9.59 Å². The molecule has 1 aromatic carbocycles. The lowest BCUT2D eigenvalue weighted by Crippen LogP contribution is -2.32. The minimum Gasteiger partial charge on any atom is -0.323 e. The van der Waals surface area contributed by atoms with Crippen molar-refractivity contribution in [1.82, 2.24) is 14.9 Å². The van der Waals surface area contributed by atoms with Gasteiger partial charge in [0.25, 0.3) is 5.91 Å². The Kier molecular flexibility index (Phi) is 5.19. The van der Waals surface area contributed by atoms with Crippen molar-refractivity contribution in [2.75, 3.05) is 29.9 Å². The number of halogens is 1. The first kappa shape index (κ1) is 19.3. The number of hydrogen-bond acceptors (Lipinski definition) is 4. The summed E-state index contributed by atoms with van der Waals surface area (Å²) in [5.74, 6) is -0.247. The molecule has 0 unspecified atom stereocenters. The summed E-state index contributed by atoms with van der Waals surface area (Å²) in [6.07, 6.45) is 3.33. The van der Waals surface area contributed by atoms with Gasteiger partial charge in [0.15, 0.2) is 0 Å². The summed E-state index contributed by atoms with van der Waals surface area (Å²) in [6, 6.07) is 9.01. The highest BCUT2D eigenvalue weighted by molar-refractivity contribution is 9.10. The van der Waals surface area contributed by atoms with E-state index in [9.17, 15) is 9.59 Å². The van der Waals surface area contributed by atoms with Gasteiger partial charge in [-0.1, -0.05) is 12.1 Å². The first-order valence-electron chi connectivity index (χ1n) is 9.38. The molecule has 3 heterocycles. The maximum absolute atomic E-state index is 12.8. The summed E-state index contributed by atoms with van der Waals surface area (Å²) >= 11 is 3.55. The van der Waals surface area contributed by atoms with E-state index < -0.39 is 0 Å². The Balaban J connectivity index is 1.76.